The number of hydrogen-bond donors (Lipinski definition) is 2. The first-order valence-electron chi connectivity index (χ1n) is 9.34. The molecule has 2 heterocycles. The molecule has 0 amide bonds. The monoisotopic (exact) mass is 349 g/mol. The van der Waals surface area contributed by atoms with Crippen molar-refractivity contribution in [3.8, 4) is 5.75 Å². The Labute approximate surface area is 155 Å². The molecule has 3 aromatic rings. The highest BCUT2D eigenvalue weighted by Gasteiger charge is 2.25. The highest BCUT2D eigenvalue weighted by molar-refractivity contribution is 5.86. The van der Waals surface area contributed by atoms with Crippen LogP contribution in [-0.2, 0) is 6.42 Å². The molecule has 2 N–H and O–H groups in total. The fraction of sp³-hybridized carbons (Fsp3) is 0.364. The summed E-state index contributed by atoms with van der Waals surface area (Å²) in [6, 6.07) is 15.4. The number of fused-ring (bicyclic) bond motifs is 3. The number of hydrogen-bond acceptors (Lipinski definition) is 3. The molecule has 0 saturated carbocycles. The van der Waals surface area contributed by atoms with E-state index in [4.69, 9.17) is 4.74 Å². The van der Waals surface area contributed by atoms with Crippen molar-refractivity contribution < 1.29 is 4.74 Å². The molecule has 4 nitrogen and oxygen atoms in total. The lowest BCUT2D eigenvalue weighted by atomic mass is 9.94. The van der Waals surface area contributed by atoms with Crippen molar-refractivity contribution >= 4 is 10.9 Å². The Balaban J connectivity index is 1.59. The van der Waals surface area contributed by atoms with E-state index in [-0.39, 0.29) is 6.04 Å². The largest absolute Gasteiger partial charge is 0.492 e. The Hall–Kier alpha value is -2.30. The van der Waals surface area contributed by atoms with Crippen molar-refractivity contribution in [2.24, 2.45) is 0 Å². The third kappa shape index (κ3) is 3.35. The smallest absolute Gasteiger partial charge is 0.119 e. The Bertz CT molecular complexity index is 896. The van der Waals surface area contributed by atoms with Crippen LogP contribution in [0.15, 0.2) is 42.5 Å². The molecule has 0 saturated heterocycles. The first-order chi connectivity index (χ1) is 12.6. The summed E-state index contributed by atoms with van der Waals surface area (Å²) >= 11 is 0. The van der Waals surface area contributed by atoms with E-state index in [1.54, 1.807) is 0 Å². The first kappa shape index (κ1) is 17.1. The van der Waals surface area contributed by atoms with Gasteiger partial charge in [-0.1, -0.05) is 23.8 Å². The lowest BCUT2D eigenvalue weighted by Gasteiger charge is -2.25. The molecule has 1 aliphatic heterocycles. The summed E-state index contributed by atoms with van der Waals surface area (Å²) in [6.45, 7) is 4.79. The number of aryl methyl sites for hydroxylation is 1. The number of likely N-dealkylation sites (N-methyl/N-ethyl adjacent to an activating group) is 1. The lowest BCUT2D eigenvalue weighted by molar-refractivity contribution is 0.261. The second kappa shape index (κ2) is 7.14. The zero-order valence-corrected chi connectivity index (χ0v) is 15.8. The molecule has 0 aliphatic carbocycles. The lowest BCUT2D eigenvalue weighted by Crippen LogP contribution is -2.30. The van der Waals surface area contributed by atoms with Gasteiger partial charge in [-0.05, 0) is 62.8 Å². The van der Waals surface area contributed by atoms with E-state index in [9.17, 15) is 0 Å². The summed E-state index contributed by atoms with van der Waals surface area (Å²) in [5.74, 6) is 0.930. The predicted molar refractivity (Wildman–Crippen MR) is 107 cm³/mol. The van der Waals surface area contributed by atoms with Crippen LogP contribution in [0.25, 0.3) is 10.9 Å². The third-order valence-corrected chi connectivity index (χ3v) is 5.13. The molecule has 1 aromatic heterocycles. The van der Waals surface area contributed by atoms with Crippen molar-refractivity contribution in [2.75, 3.05) is 33.8 Å². The maximum atomic E-state index is 5.82. The van der Waals surface area contributed by atoms with Crippen LogP contribution in [0.5, 0.6) is 5.75 Å². The van der Waals surface area contributed by atoms with Crippen LogP contribution >= 0.6 is 0 Å². The van der Waals surface area contributed by atoms with E-state index in [2.05, 4.69) is 78.7 Å². The number of nitrogens with zero attached hydrogens (tertiary/aromatic N) is 1. The zero-order valence-electron chi connectivity index (χ0n) is 15.8. The molecule has 1 aliphatic rings. The normalized spacial score (nSPS) is 16.8. The summed E-state index contributed by atoms with van der Waals surface area (Å²) in [4.78, 5) is 5.78. The van der Waals surface area contributed by atoms with Gasteiger partial charge >= 0.3 is 0 Å². The fourth-order valence-corrected chi connectivity index (χ4v) is 3.73. The number of ether oxygens (including phenoxy) is 1. The quantitative estimate of drug-likeness (QED) is 0.739. The van der Waals surface area contributed by atoms with E-state index in [1.165, 1.54) is 33.3 Å². The van der Waals surface area contributed by atoms with Gasteiger partial charge in [-0.25, -0.2) is 0 Å². The molecular formula is C22H27N3O. The average molecular weight is 349 g/mol. The minimum atomic E-state index is 0.210. The number of aromatic amines is 1. The van der Waals surface area contributed by atoms with E-state index in [0.717, 1.165) is 25.3 Å². The molecule has 136 valence electrons. The van der Waals surface area contributed by atoms with Crippen molar-refractivity contribution in [1.82, 2.24) is 15.2 Å². The van der Waals surface area contributed by atoms with E-state index >= 15 is 0 Å². The number of benzene rings is 2. The molecular weight excluding hydrogens is 322 g/mol. The minimum absolute atomic E-state index is 0.210. The van der Waals surface area contributed by atoms with E-state index in [1.807, 2.05) is 0 Å². The first-order valence-corrected chi connectivity index (χ1v) is 9.34. The standard InChI is InChI=1S/C22H27N3O/c1-15-4-9-20-19(14-15)18-10-11-23-21(22(18)24-20)16-5-7-17(8-6-16)26-13-12-25(2)3/h4-9,14,21,23-24H,10-13H2,1-3H3. The van der Waals surface area contributed by atoms with Gasteiger partial charge in [-0.3, -0.25) is 0 Å². The number of nitrogens with one attached hydrogen (secondary N) is 2. The molecule has 0 bridgehead atoms. The summed E-state index contributed by atoms with van der Waals surface area (Å²) in [5.41, 5.74) is 6.58. The number of rotatable bonds is 5. The maximum absolute atomic E-state index is 5.82. The Kier molecular flexibility index (Phi) is 4.70. The van der Waals surface area contributed by atoms with Gasteiger partial charge in [-0.15, -0.1) is 0 Å². The van der Waals surface area contributed by atoms with Crippen LogP contribution < -0.4 is 10.1 Å². The highest BCUT2D eigenvalue weighted by atomic mass is 16.5. The maximum Gasteiger partial charge on any atom is 0.119 e. The van der Waals surface area contributed by atoms with Crippen LogP contribution in [0.4, 0.5) is 0 Å². The molecule has 1 unspecified atom stereocenters. The van der Waals surface area contributed by atoms with Crippen molar-refractivity contribution in [3.63, 3.8) is 0 Å². The van der Waals surface area contributed by atoms with Gasteiger partial charge in [0.1, 0.15) is 12.4 Å². The summed E-state index contributed by atoms with van der Waals surface area (Å²) in [5, 5.41) is 5.04. The average Bonchev–Trinajstić information content (AvgIpc) is 3.00. The van der Waals surface area contributed by atoms with Gasteiger partial charge in [-0.2, -0.15) is 0 Å². The SMILES string of the molecule is Cc1ccc2[nH]c3c(c2c1)CCNC3c1ccc(OCCN(C)C)cc1. The Morgan fingerprint density at radius 2 is 1.92 bits per heavy atom. The molecule has 4 rings (SSSR count). The topological polar surface area (TPSA) is 40.3 Å². The number of aromatic nitrogens is 1. The molecule has 0 fully saturated rings. The van der Waals surface area contributed by atoms with Crippen molar-refractivity contribution in [3.05, 3.63) is 64.8 Å². The van der Waals surface area contributed by atoms with Crippen molar-refractivity contribution in [1.29, 1.82) is 0 Å². The van der Waals surface area contributed by atoms with Crippen LogP contribution in [0.2, 0.25) is 0 Å². The highest BCUT2D eigenvalue weighted by Crippen LogP contribution is 2.34. The Morgan fingerprint density at radius 3 is 2.69 bits per heavy atom. The summed E-state index contributed by atoms with van der Waals surface area (Å²) < 4.78 is 5.82. The van der Waals surface area contributed by atoms with Crippen molar-refractivity contribution in [2.45, 2.75) is 19.4 Å². The molecule has 1 atom stereocenters. The molecule has 4 heteroatoms. The second-order valence-electron chi connectivity index (χ2n) is 7.42. The van der Waals surface area contributed by atoms with Crippen LogP contribution in [0.1, 0.15) is 28.4 Å². The van der Waals surface area contributed by atoms with Gasteiger partial charge in [0, 0.05) is 29.7 Å². The van der Waals surface area contributed by atoms with E-state index in [0.29, 0.717) is 6.61 Å². The summed E-state index contributed by atoms with van der Waals surface area (Å²) in [7, 11) is 4.11. The van der Waals surface area contributed by atoms with Gasteiger partial charge < -0.3 is 19.9 Å². The van der Waals surface area contributed by atoms with Crippen LogP contribution in [0, 0.1) is 6.92 Å². The molecule has 0 spiro atoms. The Morgan fingerprint density at radius 1 is 1.12 bits per heavy atom. The zero-order chi connectivity index (χ0) is 18.1. The third-order valence-electron chi connectivity index (χ3n) is 5.13. The van der Waals surface area contributed by atoms with Crippen LogP contribution in [0.3, 0.4) is 0 Å². The van der Waals surface area contributed by atoms with Gasteiger partial charge in [0.2, 0.25) is 0 Å². The fourth-order valence-electron chi connectivity index (χ4n) is 3.73. The van der Waals surface area contributed by atoms with Gasteiger partial charge in [0.25, 0.3) is 0 Å². The van der Waals surface area contributed by atoms with E-state index < -0.39 is 0 Å². The second-order valence-corrected chi connectivity index (χ2v) is 7.42. The van der Waals surface area contributed by atoms with Gasteiger partial charge in [0.15, 0.2) is 0 Å². The predicted octanol–water partition coefficient (Wildman–Crippen LogP) is 3.65. The molecule has 2 aromatic carbocycles. The van der Waals surface area contributed by atoms with Crippen LogP contribution in [-0.4, -0.2) is 43.7 Å². The minimum Gasteiger partial charge on any atom is -0.492 e. The van der Waals surface area contributed by atoms with Gasteiger partial charge in [0.05, 0.1) is 6.04 Å². The number of H-pyrrole nitrogens is 1. The summed E-state index contributed by atoms with van der Waals surface area (Å²) in [6.07, 6.45) is 1.07. The molecule has 26 heavy (non-hydrogen) atoms. The molecule has 0 radical (unpaired) electrons.